The number of likely N-dealkylation sites (N-methyl/N-ethyl adjacent to an activating group) is 1. The second kappa shape index (κ2) is 8.52. The van der Waals surface area contributed by atoms with Crippen molar-refractivity contribution in [3.8, 4) is 5.75 Å². The largest absolute Gasteiger partial charge is 0.490 e. The molecule has 0 bridgehead atoms. The molecule has 140 valence electrons. The Morgan fingerprint density at radius 1 is 1.08 bits per heavy atom. The van der Waals surface area contributed by atoms with E-state index in [4.69, 9.17) is 4.74 Å². The molecular weight excluding hydrogens is 312 g/mol. The van der Waals surface area contributed by atoms with Crippen LogP contribution in [0.15, 0.2) is 24.3 Å². The van der Waals surface area contributed by atoms with Gasteiger partial charge in [0.05, 0.1) is 11.7 Å². The summed E-state index contributed by atoms with van der Waals surface area (Å²) < 4.78 is 6.05. The SMILES string of the molecule is CN(C)C[C@@]1(O)CCCN(Cc2ccc(OC3CCCC3)cc2)CC1. The molecule has 0 spiro atoms. The average molecular weight is 347 g/mol. The third-order valence-electron chi connectivity index (χ3n) is 5.55. The third kappa shape index (κ3) is 5.70. The first-order valence-corrected chi connectivity index (χ1v) is 9.87. The molecule has 25 heavy (non-hydrogen) atoms. The molecule has 4 heteroatoms. The lowest BCUT2D eigenvalue weighted by Gasteiger charge is -2.30. The predicted octanol–water partition coefficient (Wildman–Crippen LogP) is 3.29. The van der Waals surface area contributed by atoms with Crippen molar-refractivity contribution in [1.82, 2.24) is 9.80 Å². The van der Waals surface area contributed by atoms with E-state index in [9.17, 15) is 5.11 Å². The third-order valence-corrected chi connectivity index (χ3v) is 5.55. The van der Waals surface area contributed by atoms with Crippen LogP contribution in [0.25, 0.3) is 0 Å². The minimum absolute atomic E-state index is 0.422. The fourth-order valence-electron chi connectivity index (χ4n) is 4.27. The minimum atomic E-state index is -0.531. The van der Waals surface area contributed by atoms with Gasteiger partial charge in [-0.3, -0.25) is 4.90 Å². The zero-order chi connectivity index (χ0) is 17.7. The van der Waals surface area contributed by atoms with Gasteiger partial charge < -0.3 is 14.7 Å². The van der Waals surface area contributed by atoms with Crippen LogP contribution in [0.4, 0.5) is 0 Å². The number of nitrogens with zero attached hydrogens (tertiary/aromatic N) is 2. The van der Waals surface area contributed by atoms with Crippen molar-refractivity contribution in [3.05, 3.63) is 29.8 Å². The second-order valence-electron chi connectivity index (χ2n) is 8.26. The Balaban J connectivity index is 1.50. The highest BCUT2D eigenvalue weighted by Crippen LogP contribution is 2.26. The van der Waals surface area contributed by atoms with E-state index in [1.165, 1.54) is 31.2 Å². The Hall–Kier alpha value is -1.10. The molecule has 1 aliphatic carbocycles. The smallest absolute Gasteiger partial charge is 0.119 e. The normalized spacial score (nSPS) is 26.1. The van der Waals surface area contributed by atoms with Crippen LogP contribution in [0.2, 0.25) is 0 Å². The van der Waals surface area contributed by atoms with Gasteiger partial charge in [0, 0.05) is 19.6 Å². The molecule has 0 radical (unpaired) electrons. The van der Waals surface area contributed by atoms with Crippen LogP contribution in [0.3, 0.4) is 0 Å². The molecule has 1 aliphatic heterocycles. The van der Waals surface area contributed by atoms with Crippen molar-refractivity contribution in [3.63, 3.8) is 0 Å². The molecule has 1 aromatic rings. The lowest BCUT2D eigenvalue weighted by molar-refractivity contribution is 0.00258. The maximum atomic E-state index is 10.8. The van der Waals surface area contributed by atoms with Gasteiger partial charge in [-0.1, -0.05) is 12.1 Å². The molecule has 1 heterocycles. The molecular formula is C21H34N2O2. The fraction of sp³-hybridized carbons (Fsp3) is 0.714. The van der Waals surface area contributed by atoms with Gasteiger partial charge in [0.2, 0.25) is 0 Å². The van der Waals surface area contributed by atoms with E-state index in [1.807, 2.05) is 14.1 Å². The Morgan fingerprint density at radius 2 is 1.80 bits per heavy atom. The molecule has 1 saturated carbocycles. The van der Waals surface area contributed by atoms with E-state index in [-0.39, 0.29) is 0 Å². The lowest BCUT2D eigenvalue weighted by atomic mass is 9.94. The van der Waals surface area contributed by atoms with Gasteiger partial charge >= 0.3 is 0 Å². The number of ether oxygens (including phenoxy) is 1. The van der Waals surface area contributed by atoms with E-state index in [0.717, 1.165) is 51.2 Å². The zero-order valence-electron chi connectivity index (χ0n) is 15.9. The topological polar surface area (TPSA) is 35.9 Å². The number of rotatable bonds is 6. The molecule has 0 unspecified atom stereocenters. The first-order valence-electron chi connectivity index (χ1n) is 9.87. The Morgan fingerprint density at radius 3 is 2.48 bits per heavy atom. The molecule has 2 aliphatic rings. The molecule has 1 N–H and O–H groups in total. The molecule has 0 aromatic heterocycles. The summed E-state index contributed by atoms with van der Waals surface area (Å²) in [6.07, 6.45) is 8.25. The number of likely N-dealkylation sites (tertiary alicyclic amines) is 1. The number of aliphatic hydroxyl groups is 1. The van der Waals surface area contributed by atoms with Crippen LogP contribution in [0.1, 0.15) is 50.5 Å². The van der Waals surface area contributed by atoms with Gasteiger partial charge in [-0.05, 0) is 83.3 Å². The summed E-state index contributed by atoms with van der Waals surface area (Å²) >= 11 is 0. The van der Waals surface area contributed by atoms with Crippen LogP contribution in [-0.2, 0) is 6.54 Å². The van der Waals surface area contributed by atoms with Crippen molar-refractivity contribution in [2.24, 2.45) is 0 Å². The molecule has 3 rings (SSSR count). The van der Waals surface area contributed by atoms with E-state index < -0.39 is 5.60 Å². The van der Waals surface area contributed by atoms with Gasteiger partial charge in [-0.25, -0.2) is 0 Å². The van der Waals surface area contributed by atoms with Gasteiger partial charge in [0.1, 0.15) is 5.75 Å². The molecule has 1 saturated heterocycles. The van der Waals surface area contributed by atoms with E-state index in [1.54, 1.807) is 0 Å². The monoisotopic (exact) mass is 346 g/mol. The van der Waals surface area contributed by atoms with E-state index in [2.05, 4.69) is 34.1 Å². The second-order valence-corrected chi connectivity index (χ2v) is 8.26. The van der Waals surface area contributed by atoms with E-state index in [0.29, 0.717) is 6.10 Å². The summed E-state index contributed by atoms with van der Waals surface area (Å²) in [4.78, 5) is 4.57. The Bertz CT molecular complexity index is 525. The fourth-order valence-corrected chi connectivity index (χ4v) is 4.27. The quantitative estimate of drug-likeness (QED) is 0.857. The Labute approximate surface area is 152 Å². The summed E-state index contributed by atoms with van der Waals surface area (Å²) in [6.45, 7) is 3.75. The number of hydrogen-bond donors (Lipinski definition) is 1. The van der Waals surface area contributed by atoms with Crippen molar-refractivity contribution in [2.45, 2.75) is 63.2 Å². The highest BCUT2D eigenvalue weighted by molar-refractivity contribution is 5.27. The molecule has 1 aromatic carbocycles. The first-order chi connectivity index (χ1) is 12.0. The molecule has 4 nitrogen and oxygen atoms in total. The minimum Gasteiger partial charge on any atom is -0.490 e. The molecule has 1 atom stereocenters. The van der Waals surface area contributed by atoms with Gasteiger partial charge in [0.25, 0.3) is 0 Å². The van der Waals surface area contributed by atoms with Crippen LogP contribution < -0.4 is 4.74 Å². The summed E-state index contributed by atoms with van der Waals surface area (Å²) in [5.41, 5.74) is 0.800. The maximum absolute atomic E-state index is 10.8. The van der Waals surface area contributed by atoms with Crippen molar-refractivity contribution < 1.29 is 9.84 Å². The Kier molecular flexibility index (Phi) is 6.37. The summed E-state index contributed by atoms with van der Waals surface area (Å²) in [5, 5.41) is 10.8. The molecule has 2 fully saturated rings. The van der Waals surface area contributed by atoms with Gasteiger partial charge in [-0.15, -0.1) is 0 Å². The highest BCUT2D eigenvalue weighted by atomic mass is 16.5. The predicted molar refractivity (Wildman–Crippen MR) is 102 cm³/mol. The van der Waals surface area contributed by atoms with Crippen molar-refractivity contribution in [1.29, 1.82) is 0 Å². The number of hydrogen-bond acceptors (Lipinski definition) is 4. The number of benzene rings is 1. The maximum Gasteiger partial charge on any atom is 0.119 e. The van der Waals surface area contributed by atoms with E-state index >= 15 is 0 Å². The summed E-state index contributed by atoms with van der Waals surface area (Å²) in [7, 11) is 4.08. The van der Waals surface area contributed by atoms with Gasteiger partial charge in [0.15, 0.2) is 0 Å². The van der Waals surface area contributed by atoms with Gasteiger partial charge in [-0.2, -0.15) is 0 Å². The molecule has 0 amide bonds. The average Bonchev–Trinajstić information content (AvgIpc) is 3.00. The zero-order valence-corrected chi connectivity index (χ0v) is 15.9. The van der Waals surface area contributed by atoms with Crippen LogP contribution >= 0.6 is 0 Å². The van der Waals surface area contributed by atoms with Crippen LogP contribution in [-0.4, -0.2) is 60.3 Å². The standard InChI is InChI=1S/C21H34N2O2/c1-22(2)17-21(24)12-5-14-23(15-13-21)16-18-8-10-20(11-9-18)25-19-6-3-4-7-19/h8-11,19,24H,3-7,12-17H2,1-2H3/t21-/m1/s1. The van der Waals surface area contributed by atoms with Crippen molar-refractivity contribution in [2.75, 3.05) is 33.7 Å². The van der Waals surface area contributed by atoms with Crippen LogP contribution in [0.5, 0.6) is 5.75 Å². The van der Waals surface area contributed by atoms with Crippen LogP contribution in [0, 0.1) is 0 Å². The first kappa shape index (κ1) is 18.7. The summed E-state index contributed by atoms with van der Waals surface area (Å²) in [6, 6.07) is 8.63. The highest BCUT2D eigenvalue weighted by Gasteiger charge is 2.30. The summed E-state index contributed by atoms with van der Waals surface area (Å²) in [5.74, 6) is 1.01. The lowest BCUT2D eigenvalue weighted by Crippen LogP contribution is -2.40. The van der Waals surface area contributed by atoms with Crippen molar-refractivity contribution >= 4 is 0 Å².